The number of carbonyl (C=O) groups is 1. The zero-order valence-corrected chi connectivity index (χ0v) is 18.8. The Morgan fingerprint density at radius 3 is 2.80 bits per heavy atom. The third-order valence-electron chi connectivity index (χ3n) is 5.20. The van der Waals surface area contributed by atoms with Crippen LogP contribution in [0.25, 0.3) is 0 Å². The van der Waals surface area contributed by atoms with E-state index < -0.39 is 0 Å². The Kier molecular flexibility index (Phi) is 6.29. The van der Waals surface area contributed by atoms with Crippen LogP contribution in [0.4, 0.5) is 5.69 Å². The molecule has 0 saturated heterocycles. The summed E-state index contributed by atoms with van der Waals surface area (Å²) < 4.78 is 12.2. The number of amides is 1. The molecule has 2 aromatic carbocycles. The summed E-state index contributed by atoms with van der Waals surface area (Å²) in [5.74, 6) is 1.57. The van der Waals surface area contributed by atoms with Crippen molar-refractivity contribution in [1.29, 1.82) is 0 Å². The minimum Gasteiger partial charge on any atom is -0.454 e. The molecule has 0 atom stereocenters. The fourth-order valence-corrected chi connectivity index (χ4v) is 3.50. The number of aryl methyl sites for hydroxylation is 1. The Balaban J connectivity index is 1.28. The molecule has 11 nitrogen and oxygen atoms in total. The quantitative estimate of drug-likeness (QED) is 0.307. The van der Waals surface area contributed by atoms with Crippen LogP contribution in [0.5, 0.6) is 11.5 Å². The second-order valence-electron chi connectivity index (χ2n) is 7.62. The van der Waals surface area contributed by atoms with Crippen molar-refractivity contribution in [2.45, 2.75) is 13.0 Å². The number of hydrogen-bond acceptors (Lipinski definition) is 9. The molecular formula is C24H21N7O4. The van der Waals surface area contributed by atoms with Crippen LogP contribution in [-0.2, 0) is 29.7 Å². The van der Waals surface area contributed by atoms with E-state index in [2.05, 4.69) is 31.0 Å². The number of oxime groups is 1. The first-order valence-electron chi connectivity index (χ1n) is 10.8. The first-order valence-corrected chi connectivity index (χ1v) is 10.8. The average Bonchev–Trinajstić information content (AvgIpc) is 3.52. The molecule has 0 spiro atoms. The average molecular weight is 471 g/mol. The maximum atomic E-state index is 12.7. The lowest BCUT2D eigenvalue weighted by molar-refractivity contribution is -0.115. The van der Waals surface area contributed by atoms with Gasteiger partial charge in [0.2, 0.25) is 18.5 Å². The lowest BCUT2D eigenvalue weighted by Gasteiger charge is -2.10. The van der Waals surface area contributed by atoms with Gasteiger partial charge in [-0.1, -0.05) is 41.6 Å². The van der Waals surface area contributed by atoms with Crippen molar-refractivity contribution < 1.29 is 19.1 Å². The number of hydrogen-bond donors (Lipinski definition) is 1. The van der Waals surface area contributed by atoms with Gasteiger partial charge in [0.15, 0.2) is 23.8 Å². The van der Waals surface area contributed by atoms with Crippen molar-refractivity contribution in [1.82, 2.24) is 25.2 Å². The Morgan fingerprint density at radius 2 is 1.97 bits per heavy atom. The number of pyridine rings is 1. The molecule has 1 aliphatic heterocycles. The Labute approximate surface area is 200 Å². The van der Waals surface area contributed by atoms with Gasteiger partial charge in [-0.05, 0) is 40.3 Å². The van der Waals surface area contributed by atoms with Crippen molar-refractivity contribution in [3.05, 3.63) is 89.5 Å². The first-order chi connectivity index (χ1) is 17.2. The van der Waals surface area contributed by atoms with Gasteiger partial charge in [-0.3, -0.25) is 9.78 Å². The standard InChI is InChI=1S/C24H21N7O4/c1-31-24(27-29-30-31)23(17-6-3-2-4-7-17)28-35-14-19-18(8-5-11-25-19)26-22(32)13-16-9-10-20-21(12-16)34-15-33-20/h2-12H,13-15H2,1H3,(H,26,32)/b28-23-. The normalized spacial score (nSPS) is 12.4. The second-order valence-corrected chi connectivity index (χ2v) is 7.62. The number of rotatable bonds is 8. The number of aromatic nitrogens is 5. The van der Waals surface area contributed by atoms with E-state index in [1.54, 1.807) is 37.5 Å². The van der Waals surface area contributed by atoms with Crippen molar-refractivity contribution in [2.75, 3.05) is 12.1 Å². The molecule has 0 saturated carbocycles. The van der Waals surface area contributed by atoms with E-state index in [1.807, 2.05) is 36.4 Å². The maximum absolute atomic E-state index is 12.7. The van der Waals surface area contributed by atoms with Crippen LogP contribution in [0, 0.1) is 0 Å². The van der Waals surface area contributed by atoms with Gasteiger partial charge in [0.05, 0.1) is 12.1 Å². The molecule has 1 amide bonds. The van der Waals surface area contributed by atoms with Crippen LogP contribution in [0.1, 0.15) is 22.6 Å². The Morgan fingerprint density at radius 1 is 1.11 bits per heavy atom. The topological polar surface area (TPSA) is 126 Å². The fourth-order valence-electron chi connectivity index (χ4n) is 3.50. The Bertz CT molecular complexity index is 1370. The molecule has 0 radical (unpaired) electrons. The van der Waals surface area contributed by atoms with Crippen molar-refractivity contribution >= 4 is 17.3 Å². The zero-order valence-electron chi connectivity index (χ0n) is 18.8. The SMILES string of the molecule is Cn1nnnc1/C(=N\OCc1ncccc1NC(=O)Cc1ccc2c(c1)OCO2)c1ccccc1. The third kappa shape index (κ3) is 5.08. The highest BCUT2D eigenvalue weighted by Gasteiger charge is 2.17. The molecule has 3 heterocycles. The van der Waals surface area contributed by atoms with Crippen LogP contribution in [0.3, 0.4) is 0 Å². The van der Waals surface area contributed by atoms with Gasteiger partial charge in [-0.2, -0.15) is 0 Å². The summed E-state index contributed by atoms with van der Waals surface area (Å²) in [6.07, 6.45) is 1.79. The van der Waals surface area contributed by atoms with E-state index in [1.165, 1.54) is 4.68 Å². The number of fused-ring (bicyclic) bond motifs is 1. The van der Waals surface area contributed by atoms with E-state index in [9.17, 15) is 4.79 Å². The van der Waals surface area contributed by atoms with Gasteiger partial charge in [0, 0.05) is 18.8 Å². The number of ether oxygens (including phenoxy) is 2. The van der Waals surface area contributed by atoms with E-state index in [0.717, 1.165) is 11.1 Å². The second kappa shape index (κ2) is 10.00. The number of carbonyl (C=O) groups excluding carboxylic acids is 1. The largest absolute Gasteiger partial charge is 0.454 e. The van der Waals surface area contributed by atoms with E-state index in [0.29, 0.717) is 34.4 Å². The molecule has 0 fully saturated rings. The van der Waals surface area contributed by atoms with Crippen molar-refractivity contribution in [3.8, 4) is 11.5 Å². The molecule has 1 aliphatic rings. The van der Waals surface area contributed by atoms with Gasteiger partial charge in [0.1, 0.15) is 5.69 Å². The highest BCUT2D eigenvalue weighted by molar-refractivity contribution is 6.10. The summed E-state index contributed by atoms with van der Waals surface area (Å²) in [4.78, 5) is 22.7. The number of anilines is 1. The fraction of sp³-hybridized carbons (Fsp3) is 0.167. The highest BCUT2D eigenvalue weighted by atomic mass is 16.7. The van der Waals surface area contributed by atoms with E-state index in [4.69, 9.17) is 14.3 Å². The van der Waals surface area contributed by atoms with Crippen LogP contribution in [0.2, 0.25) is 0 Å². The van der Waals surface area contributed by atoms with Gasteiger partial charge in [0.25, 0.3) is 0 Å². The van der Waals surface area contributed by atoms with Gasteiger partial charge < -0.3 is 19.6 Å². The third-order valence-corrected chi connectivity index (χ3v) is 5.20. The monoisotopic (exact) mass is 471 g/mol. The van der Waals surface area contributed by atoms with Crippen LogP contribution >= 0.6 is 0 Å². The number of nitrogens with zero attached hydrogens (tertiary/aromatic N) is 6. The predicted octanol–water partition coefficient (Wildman–Crippen LogP) is 2.48. The number of tetrazole rings is 1. The van der Waals surface area contributed by atoms with E-state index >= 15 is 0 Å². The summed E-state index contributed by atoms with van der Waals surface area (Å²) in [6, 6.07) is 18.4. The number of benzene rings is 2. The predicted molar refractivity (Wildman–Crippen MR) is 125 cm³/mol. The van der Waals surface area contributed by atoms with Crippen LogP contribution in [-0.4, -0.2) is 43.6 Å². The molecule has 2 aromatic heterocycles. The summed E-state index contributed by atoms with van der Waals surface area (Å²) in [5.41, 5.74) is 3.14. The molecular weight excluding hydrogens is 450 g/mol. The lowest BCUT2D eigenvalue weighted by Crippen LogP contribution is -2.16. The van der Waals surface area contributed by atoms with E-state index in [-0.39, 0.29) is 25.7 Å². The summed E-state index contributed by atoms with van der Waals surface area (Å²) >= 11 is 0. The molecule has 4 aromatic rings. The summed E-state index contributed by atoms with van der Waals surface area (Å²) in [5, 5.41) is 18.8. The molecule has 35 heavy (non-hydrogen) atoms. The zero-order chi connectivity index (χ0) is 24.0. The first kappa shape index (κ1) is 22.0. The smallest absolute Gasteiger partial charge is 0.231 e. The highest BCUT2D eigenvalue weighted by Crippen LogP contribution is 2.32. The molecule has 0 aliphatic carbocycles. The van der Waals surface area contributed by atoms with Crippen LogP contribution in [0.15, 0.2) is 72.0 Å². The van der Waals surface area contributed by atoms with Crippen molar-refractivity contribution in [2.24, 2.45) is 12.2 Å². The van der Waals surface area contributed by atoms with Gasteiger partial charge >= 0.3 is 0 Å². The number of nitrogens with one attached hydrogen (secondary N) is 1. The molecule has 0 bridgehead atoms. The minimum atomic E-state index is -0.197. The van der Waals surface area contributed by atoms with Crippen molar-refractivity contribution in [3.63, 3.8) is 0 Å². The molecule has 5 rings (SSSR count). The Hall–Kier alpha value is -4.80. The van der Waals surface area contributed by atoms with Gasteiger partial charge in [-0.15, -0.1) is 5.10 Å². The molecule has 1 N–H and O–H groups in total. The summed E-state index contributed by atoms with van der Waals surface area (Å²) in [6.45, 7) is 0.216. The maximum Gasteiger partial charge on any atom is 0.231 e. The van der Waals surface area contributed by atoms with Gasteiger partial charge in [-0.25, -0.2) is 4.68 Å². The molecule has 0 unspecified atom stereocenters. The van der Waals surface area contributed by atoms with Crippen LogP contribution < -0.4 is 14.8 Å². The lowest BCUT2D eigenvalue weighted by atomic mass is 10.1. The minimum absolute atomic E-state index is 0.0299. The molecule has 11 heteroatoms. The summed E-state index contributed by atoms with van der Waals surface area (Å²) in [7, 11) is 1.72. The molecule has 176 valence electrons.